The summed E-state index contributed by atoms with van der Waals surface area (Å²) in [5, 5.41) is 7.62. The van der Waals surface area contributed by atoms with E-state index in [4.69, 9.17) is 4.74 Å². The van der Waals surface area contributed by atoms with Crippen LogP contribution in [0.1, 0.15) is 41.7 Å². The van der Waals surface area contributed by atoms with Crippen LogP contribution in [0.4, 0.5) is 13.2 Å². The van der Waals surface area contributed by atoms with Crippen LogP contribution >= 0.6 is 27.3 Å². The number of carbonyl (C=O) groups is 1. The Bertz CT molecular complexity index is 1590. The molecule has 2 aliphatic heterocycles. The predicted molar refractivity (Wildman–Crippen MR) is 173 cm³/mol. The summed E-state index contributed by atoms with van der Waals surface area (Å²) in [7, 11) is 0. The van der Waals surface area contributed by atoms with Crippen molar-refractivity contribution >= 4 is 43.3 Å². The summed E-state index contributed by atoms with van der Waals surface area (Å²) < 4.78 is 47.0. The van der Waals surface area contributed by atoms with Crippen LogP contribution < -0.4 is 15.4 Å². The zero-order valence-corrected chi connectivity index (χ0v) is 26.7. The Morgan fingerprint density at radius 2 is 1.68 bits per heavy atom. The number of likely N-dealkylation sites (tertiary alicyclic amines) is 1. The summed E-state index contributed by atoms with van der Waals surface area (Å²) in [6.45, 7) is 4.71. The summed E-state index contributed by atoms with van der Waals surface area (Å²) >= 11 is 5.25. The van der Waals surface area contributed by atoms with Gasteiger partial charge in [0.25, 0.3) is 0 Å². The molecule has 2 saturated heterocycles. The maximum absolute atomic E-state index is 12.9. The molecule has 1 aromatic heterocycles. The molecule has 2 aliphatic rings. The van der Waals surface area contributed by atoms with Crippen LogP contribution in [0.3, 0.4) is 0 Å². The summed E-state index contributed by atoms with van der Waals surface area (Å²) in [6, 6.07) is 19.6. The first-order valence-corrected chi connectivity index (χ1v) is 16.7. The Labute approximate surface area is 267 Å². The molecule has 0 aliphatic carbocycles. The van der Waals surface area contributed by atoms with Gasteiger partial charge in [-0.1, -0.05) is 30.3 Å². The molecule has 1 amide bonds. The summed E-state index contributed by atoms with van der Waals surface area (Å²) in [5.74, 6) is 0.923. The second-order valence-corrected chi connectivity index (χ2v) is 13.7. The van der Waals surface area contributed by atoms with E-state index in [0.29, 0.717) is 6.42 Å². The van der Waals surface area contributed by atoms with Crippen molar-refractivity contribution in [1.29, 1.82) is 0 Å². The quantitative estimate of drug-likeness (QED) is 0.199. The van der Waals surface area contributed by atoms with E-state index in [1.54, 1.807) is 11.3 Å². The van der Waals surface area contributed by atoms with Crippen LogP contribution in [0.15, 0.2) is 71.2 Å². The SMILES string of the molecule is O=C(Cc1cc2ccc(-c3ccc(C(F)(F)F)cc3)cc2s1)NC1CCN(Cc2ccc(OC3CCNCC3)c(Br)c2)CC1. The average Bonchev–Trinajstić information content (AvgIpc) is 3.41. The molecule has 0 bridgehead atoms. The van der Waals surface area contributed by atoms with Crippen molar-refractivity contribution < 1.29 is 22.7 Å². The highest BCUT2D eigenvalue weighted by Crippen LogP contribution is 2.34. The number of fused-ring (bicyclic) bond motifs is 1. The third-order valence-electron chi connectivity index (χ3n) is 8.39. The van der Waals surface area contributed by atoms with Gasteiger partial charge in [0.2, 0.25) is 5.91 Å². The third kappa shape index (κ3) is 7.83. The van der Waals surface area contributed by atoms with Crippen molar-refractivity contribution in [3.8, 4) is 16.9 Å². The molecule has 0 radical (unpaired) electrons. The number of rotatable bonds is 8. The van der Waals surface area contributed by atoms with Gasteiger partial charge >= 0.3 is 6.18 Å². The number of alkyl halides is 3. The average molecular weight is 687 g/mol. The van der Waals surface area contributed by atoms with Crippen molar-refractivity contribution in [3.63, 3.8) is 0 Å². The van der Waals surface area contributed by atoms with Crippen LogP contribution in [0.25, 0.3) is 21.2 Å². The van der Waals surface area contributed by atoms with E-state index in [2.05, 4.69) is 49.7 Å². The van der Waals surface area contributed by atoms with Crippen LogP contribution in [0, 0.1) is 0 Å². The third-order valence-corrected chi connectivity index (χ3v) is 10.1. The van der Waals surface area contributed by atoms with Crippen molar-refractivity contribution in [2.45, 2.75) is 57.0 Å². The molecule has 6 rings (SSSR count). The lowest BCUT2D eigenvalue weighted by atomic mass is 10.0. The largest absolute Gasteiger partial charge is 0.489 e. The minimum Gasteiger partial charge on any atom is -0.489 e. The van der Waals surface area contributed by atoms with Crippen LogP contribution in [-0.2, 0) is 23.9 Å². The van der Waals surface area contributed by atoms with E-state index in [0.717, 1.165) is 107 Å². The van der Waals surface area contributed by atoms with E-state index in [1.807, 2.05) is 24.3 Å². The number of benzene rings is 3. The number of nitrogens with zero attached hydrogens (tertiary/aromatic N) is 1. The molecule has 10 heteroatoms. The smallest absolute Gasteiger partial charge is 0.416 e. The van der Waals surface area contributed by atoms with Gasteiger partial charge in [-0.3, -0.25) is 9.69 Å². The molecule has 3 aromatic carbocycles. The minimum absolute atomic E-state index is 0.0197. The maximum atomic E-state index is 12.9. The second-order valence-electron chi connectivity index (χ2n) is 11.7. The van der Waals surface area contributed by atoms with Crippen molar-refractivity contribution in [3.05, 3.63) is 87.2 Å². The predicted octanol–water partition coefficient (Wildman–Crippen LogP) is 7.80. The van der Waals surface area contributed by atoms with Gasteiger partial charge in [0.05, 0.1) is 16.5 Å². The first kappa shape index (κ1) is 31.1. The van der Waals surface area contributed by atoms with Crippen molar-refractivity contribution in [1.82, 2.24) is 15.5 Å². The molecule has 0 spiro atoms. The molecular weight excluding hydrogens is 651 g/mol. The molecule has 5 nitrogen and oxygen atoms in total. The van der Waals surface area contributed by atoms with Gasteiger partial charge in [0, 0.05) is 35.3 Å². The van der Waals surface area contributed by atoms with E-state index >= 15 is 0 Å². The molecule has 2 fully saturated rings. The van der Waals surface area contributed by atoms with E-state index in [9.17, 15) is 18.0 Å². The zero-order valence-electron chi connectivity index (χ0n) is 24.3. The standard InChI is InChI=1S/C34H35BrF3N3O2S/c35-30-17-22(1-8-31(30)43-28-9-13-39-14-10-28)21-41-15-11-27(12-16-41)40-33(42)20-29-18-25-3-2-24(19-32(25)44-29)23-4-6-26(7-5-23)34(36,37)38/h1-8,17-19,27-28,39H,9-16,20-21H2,(H,40,42). The highest BCUT2D eigenvalue weighted by Gasteiger charge is 2.30. The minimum atomic E-state index is -4.35. The molecule has 0 atom stereocenters. The number of hydrogen-bond donors (Lipinski definition) is 2. The molecule has 0 saturated carbocycles. The number of carbonyl (C=O) groups excluding carboxylic acids is 1. The topological polar surface area (TPSA) is 53.6 Å². The maximum Gasteiger partial charge on any atom is 0.416 e. The van der Waals surface area contributed by atoms with Gasteiger partial charge in [-0.25, -0.2) is 0 Å². The van der Waals surface area contributed by atoms with Gasteiger partial charge in [0.15, 0.2) is 0 Å². The van der Waals surface area contributed by atoms with E-state index in [-0.39, 0.29) is 18.1 Å². The number of amides is 1. The summed E-state index contributed by atoms with van der Waals surface area (Å²) in [4.78, 5) is 16.3. The number of halogens is 4. The van der Waals surface area contributed by atoms with Crippen LogP contribution in [0.5, 0.6) is 5.75 Å². The van der Waals surface area contributed by atoms with Gasteiger partial charge in [-0.2, -0.15) is 13.2 Å². The van der Waals surface area contributed by atoms with Crippen LogP contribution in [-0.4, -0.2) is 49.1 Å². The first-order valence-electron chi connectivity index (χ1n) is 15.1. The van der Waals surface area contributed by atoms with Crippen LogP contribution in [0.2, 0.25) is 0 Å². The Kier molecular flexibility index (Phi) is 9.61. The fraction of sp³-hybridized carbons (Fsp3) is 0.382. The lowest BCUT2D eigenvalue weighted by molar-refractivity contribution is -0.137. The summed E-state index contributed by atoms with van der Waals surface area (Å²) in [5.41, 5.74) is 2.16. The van der Waals surface area contributed by atoms with Crippen molar-refractivity contribution in [2.24, 2.45) is 0 Å². The number of nitrogens with one attached hydrogen (secondary N) is 2. The molecule has 3 heterocycles. The highest BCUT2D eigenvalue weighted by molar-refractivity contribution is 9.10. The highest BCUT2D eigenvalue weighted by atomic mass is 79.9. The zero-order chi connectivity index (χ0) is 30.7. The number of thiophene rings is 1. The summed E-state index contributed by atoms with van der Waals surface area (Å²) in [6.07, 6.45) is 0.0999. The molecule has 4 aromatic rings. The molecular formula is C34H35BrF3N3O2S. The van der Waals surface area contributed by atoms with Gasteiger partial charge in [-0.15, -0.1) is 11.3 Å². The molecule has 44 heavy (non-hydrogen) atoms. The molecule has 2 N–H and O–H groups in total. The molecule has 232 valence electrons. The molecule has 0 unspecified atom stereocenters. The lowest BCUT2D eigenvalue weighted by Crippen LogP contribution is -2.44. The Balaban J connectivity index is 0.976. The number of ether oxygens (including phenoxy) is 1. The van der Waals surface area contributed by atoms with Crippen molar-refractivity contribution in [2.75, 3.05) is 26.2 Å². The lowest BCUT2D eigenvalue weighted by Gasteiger charge is -2.32. The Morgan fingerprint density at radius 3 is 2.39 bits per heavy atom. The fourth-order valence-electron chi connectivity index (χ4n) is 5.97. The van der Waals surface area contributed by atoms with E-state index in [1.165, 1.54) is 17.7 Å². The fourth-order valence-corrected chi connectivity index (χ4v) is 7.59. The second kappa shape index (κ2) is 13.6. The number of hydrogen-bond acceptors (Lipinski definition) is 5. The Morgan fingerprint density at radius 1 is 0.955 bits per heavy atom. The van der Waals surface area contributed by atoms with E-state index < -0.39 is 11.7 Å². The van der Waals surface area contributed by atoms with Gasteiger partial charge in [0.1, 0.15) is 11.9 Å². The van der Waals surface area contributed by atoms with Gasteiger partial charge in [-0.05, 0) is 113 Å². The first-order chi connectivity index (χ1) is 21.2. The monoisotopic (exact) mass is 685 g/mol. The van der Waals surface area contributed by atoms with Gasteiger partial charge < -0.3 is 15.4 Å². The number of piperidine rings is 2. The normalized spacial score (nSPS) is 17.2. The Hall–Kier alpha value is -2.92.